The summed E-state index contributed by atoms with van der Waals surface area (Å²) in [5, 5.41) is 2.94. The molecule has 0 aliphatic carbocycles. The lowest BCUT2D eigenvalue weighted by Crippen LogP contribution is -2.41. The molecule has 4 nitrogen and oxygen atoms in total. The minimum atomic E-state index is -0.225. The first-order chi connectivity index (χ1) is 8.52. The standard InChI is InChI=1S/C10H21NO.C6H13NO/c1-9(2,3)7-8(12)11-10(4,5)6;1-6(2,3)4-5(7)8/h7H2,1-6H3,(H,11,12);4H2,1-3H3,(H2,7,8). The number of hydrogen-bond donors (Lipinski definition) is 2. The molecule has 0 aliphatic rings. The van der Waals surface area contributed by atoms with E-state index in [4.69, 9.17) is 5.73 Å². The lowest BCUT2D eigenvalue weighted by molar-refractivity contribution is -0.124. The third kappa shape index (κ3) is 22.1. The summed E-state index contributed by atoms with van der Waals surface area (Å²) in [4.78, 5) is 21.6. The third-order valence-electron chi connectivity index (χ3n) is 1.91. The summed E-state index contributed by atoms with van der Waals surface area (Å²) in [6.45, 7) is 18.1. The summed E-state index contributed by atoms with van der Waals surface area (Å²) in [7, 11) is 0. The van der Waals surface area contributed by atoms with E-state index in [9.17, 15) is 9.59 Å². The van der Waals surface area contributed by atoms with Crippen molar-refractivity contribution in [2.24, 2.45) is 16.6 Å². The van der Waals surface area contributed by atoms with Gasteiger partial charge in [0.1, 0.15) is 0 Å². The highest BCUT2D eigenvalue weighted by Crippen LogP contribution is 2.18. The summed E-state index contributed by atoms with van der Waals surface area (Å²) >= 11 is 0. The van der Waals surface area contributed by atoms with Crippen molar-refractivity contribution in [3.63, 3.8) is 0 Å². The van der Waals surface area contributed by atoms with Crippen LogP contribution in [0.3, 0.4) is 0 Å². The number of nitrogens with two attached hydrogens (primary N) is 1. The van der Waals surface area contributed by atoms with Crippen LogP contribution in [0.5, 0.6) is 0 Å². The highest BCUT2D eigenvalue weighted by molar-refractivity contribution is 5.77. The van der Waals surface area contributed by atoms with Gasteiger partial charge in [0.2, 0.25) is 11.8 Å². The van der Waals surface area contributed by atoms with Crippen molar-refractivity contribution in [3.8, 4) is 0 Å². The molecule has 20 heavy (non-hydrogen) atoms. The third-order valence-corrected chi connectivity index (χ3v) is 1.91. The molecule has 0 rings (SSSR count). The first-order valence-corrected chi connectivity index (χ1v) is 7.11. The molecule has 4 heteroatoms. The summed E-state index contributed by atoms with van der Waals surface area (Å²) in [5.74, 6) is -0.0903. The van der Waals surface area contributed by atoms with Crippen LogP contribution in [-0.2, 0) is 9.59 Å². The lowest BCUT2D eigenvalue weighted by Gasteiger charge is -2.24. The molecular weight excluding hydrogens is 252 g/mol. The van der Waals surface area contributed by atoms with Gasteiger partial charge in [-0.3, -0.25) is 9.59 Å². The van der Waals surface area contributed by atoms with Gasteiger partial charge in [-0.1, -0.05) is 41.5 Å². The van der Waals surface area contributed by atoms with Crippen molar-refractivity contribution >= 4 is 11.8 Å². The molecule has 0 unspecified atom stereocenters. The topological polar surface area (TPSA) is 72.2 Å². The minimum absolute atomic E-state index is 0.0475. The number of nitrogens with one attached hydrogen (secondary N) is 1. The maximum atomic E-state index is 11.4. The van der Waals surface area contributed by atoms with Crippen LogP contribution < -0.4 is 11.1 Å². The predicted molar refractivity (Wildman–Crippen MR) is 85.2 cm³/mol. The smallest absolute Gasteiger partial charge is 0.220 e. The van der Waals surface area contributed by atoms with Crippen molar-refractivity contribution in [2.45, 2.75) is 80.7 Å². The predicted octanol–water partition coefficient (Wildman–Crippen LogP) is 3.25. The van der Waals surface area contributed by atoms with Crippen LogP contribution in [0.1, 0.15) is 75.2 Å². The molecule has 0 aromatic rings. The normalized spacial score (nSPS) is 12.2. The SMILES string of the molecule is CC(C)(C)CC(=O)NC(C)(C)C.CC(C)(C)CC(N)=O. The van der Waals surface area contributed by atoms with Gasteiger partial charge in [0.25, 0.3) is 0 Å². The molecule has 0 atom stereocenters. The van der Waals surface area contributed by atoms with E-state index < -0.39 is 0 Å². The van der Waals surface area contributed by atoms with Crippen molar-refractivity contribution in [1.82, 2.24) is 5.32 Å². The number of carbonyl (C=O) groups excluding carboxylic acids is 2. The van der Waals surface area contributed by atoms with Gasteiger partial charge in [0.05, 0.1) is 0 Å². The maximum Gasteiger partial charge on any atom is 0.220 e. The Kier molecular flexibility index (Phi) is 8.13. The molecule has 0 heterocycles. The zero-order valence-corrected chi connectivity index (χ0v) is 14.8. The molecule has 3 N–H and O–H groups in total. The average molecular weight is 286 g/mol. The van der Waals surface area contributed by atoms with Gasteiger partial charge in [-0.05, 0) is 31.6 Å². The van der Waals surface area contributed by atoms with Gasteiger partial charge in [-0.25, -0.2) is 0 Å². The van der Waals surface area contributed by atoms with Crippen molar-refractivity contribution in [3.05, 3.63) is 0 Å². The number of amides is 2. The number of primary amides is 1. The Bertz CT molecular complexity index is 297. The van der Waals surface area contributed by atoms with E-state index >= 15 is 0 Å². The molecule has 0 fully saturated rings. The van der Waals surface area contributed by atoms with Crippen molar-refractivity contribution < 1.29 is 9.59 Å². The van der Waals surface area contributed by atoms with Crippen LogP contribution in [0.4, 0.5) is 0 Å². The van der Waals surface area contributed by atoms with Gasteiger partial charge in [0.15, 0.2) is 0 Å². The fourth-order valence-electron chi connectivity index (χ4n) is 1.47. The van der Waals surface area contributed by atoms with E-state index in [0.717, 1.165) is 0 Å². The zero-order chi connectivity index (χ0) is 16.8. The van der Waals surface area contributed by atoms with Crippen molar-refractivity contribution in [1.29, 1.82) is 0 Å². The molecule has 0 aromatic heterocycles. The molecule has 0 aliphatic heterocycles. The Labute approximate surface area is 124 Å². The quantitative estimate of drug-likeness (QED) is 0.818. The number of hydrogen-bond acceptors (Lipinski definition) is 2. The molecule has 0 saturated carbocycles. The Morgan fingerprint density at radius 3 is 1.30 bits per heavy atom. The summed E-state index contributed by atoms with van der Waals surface area (Å²) in [5.41, 5.74) is 4.96. The van der Waals surface area contributed by atoms with Gasteiger partial charge >= 0.3 is 0 Å². The Morgan fingerprint density at radius 2 is 1.15 bits per heavy atom. The van der Waals surface area contributed by atoms with Gasteiger partial charge in [0, 0.05) is 18.4 Å². The monoisotopic (exact) mass is 286 g/mol. The molecule has 0 radical (unpaired) electrons. The second-order valence-electron chi connectivity index (χ2n) is 8.74. The molecule has 0 saturated heterocycles. The molecular formula is C16H34N2O2. The first-order valence-electron chi connectivity index (χ1n) is 7.11. The highest BCUT2D eigenvalue weighted by Gasteiger charge is 2.19. The molecule has 120 valence electrons. The second kappa shape index (κ2) is 7.65. The Balaban J connectivity index is 0. The van der Waals surface area contributed by atoms with E-state index in [1.165, 1.54) is 0 Å². The highest BCUT2D eigenvalue weighted by atomic mass is 16.2. The second-order valence-corrected chi connectivity index (χ2v) is 8.74. The van der Waals surface area contributed by atoms with E-state index in [1.807, 2.05) is 41.5 Å². The fraction of sp³-hybridized carbons (Fsp3) is 0.875. The van der Waals surface area contributed by atoms with Crippen LogP contribution in [0, 0.1) is 10.8 Å². The van der Waals surface area contributed by atoms with Gasteiger partial charge in [-0.2, -0.15) is 0 Å². The summed E-state index contributed by atoms with van der Waals surface area (Å²) < 4.78 is 0. The number of rotatable bonds is 2. The van der Waals surface area contributed by atoms with E-state index in [0.29, 0.717) is 12.8 Å². The van der Waals surface area contributed by atoms with Crippen LogP contribution >= 0.6 is 0 Å². The fourth-order valence-corrected chi connectivity index (χ4v) is 1.47. The molecule has 0 aromatic carbocycles. The zero-order valence-electron chi connectivity index (χ0n) is 14.8. The van der Waals surface area contributed by atoms with Crippen LogP contribution in [0.2, 0.25) is 0 Å². The molecule has 2 amide bonds. The largest absolute Gasteiger partial charge is 0.370 e. The molecule has 0 bridgehead atoms. The number of carbonyl (C=O) groups is 2. The van der Waals surface area contributed by atoms with E-state index in [1.54, 1.807) is 0 Å². The van der Waals surface area contributed by atoms with Crippen molar-refractivity contribution in [2.75, 3.05) is 0 Å². The maximum absolute atomic E-state index is 11.4. The Hall–Kier alpha value is -1.06. The summed E-state index contributed by atoms with van der Waals surface area (Å²) in [6.07, 6.45) is 1.05. The van der Waals surface area contributed by atoms with Gasteiger partial charge < -0.3 is 11.1 Å². The van der Waals surface area contributed by atoms with E-state index in [2.05, 4.69) is 26.1 Å². The minimum Gasteiger partial charge on any atom is -0.370 e. The first kappa shape index (κ1) is 21.2. The van der Waals surface area contributed by atoms with E-state index in [-0.39, 0.29) is 28.2 Å². The Morgan fingerprint density at radius 1 is 0.800 bits per heavy atom. The van der Waals surface area contributed by atoms with Crippen LogP contribution in [0.25, 0.3) is 0 Å². The van der Waals surface area contributed by atoms with Crippen LogP contribution in [0.15, 0.2) is 0 Å². The summed E-state index contributed by atoms with van der Waals surface area (Å²) in [6, 6.07) is 0. The van der Waals surface area contributed by atoms with Crippen LogP contribution in [-0.4, -0.2) is 17.4 Å². The molecule has 0 spiro atoms. The lowest BCUT2D eigenvalue weighted by atomic mass is 9.91. The average Bonchev–Trinajstić information content (AvgIpc) is 1.88. The van der Waals surface area contributed by atoms with Gasteiger partial charge in [-0.15, -0.1) is 0 Å².